The third kappa shape index (κ3) is 6.30. The highest BCUT2D eigenvalue weighted by atomic mass is 35.5. The molecule has 5 nitrogen and oxygen atoms in total. The van der Waals surface area contributed by atoms with Crippen LogP contribution in [0.25, 0.3) is 11.1 Å². The molecule has 0 heterocycles. The molecule has 1 atom stereocenters. The Balaban J connectivity index is 1.79. The van der Waals surface area contributed by atoms with E-state index in [9.17, 15) is 17.9 Å². The molecule has 1 aliphatic carbocycles. The minimum Gasteiger partial charge on any atom is -0.505 e. The molecule has 3 aromatic carbocycles. The molecule has 4 rings (SSSR count). The maximum atomic E-state index is 13.9. The summed E-state index contributed by atoms with van der Waals surface area (Å²) in [6, 6.07) is 15.1. The Kier molecular flexibility index (Phi) is 8.51. The van der Waals surface area contributed by atoms with Crippen molar-refractivity contribution in [2.45, 2.75) is 24.0 Å². The molecular formula is C27H23Cl3FNO4S. The van der Waals surface area contributed by atoms with E-state index in [4.69, 9.17) is 39.5 Å². The predicted molar refractivity (Wildman–Crippen MR) is 146 cm³/mol. The minimum atomic E-state index is -4.32. The summed E-state index contributed by atoms with van der Waals surface area (Å²) < 4.78 is 48.1. The van der Waals surface area contributed by atoms with Gasteiger partial charge < -0.3 is 9.84 Å². The maximum Gasteiger partial charge on any atom is 0.247 e. The number of methoxy groups -OCH3 is 1. The van der Waals surface area contributed by atoms with Crippen molar-refractivity contribution in [1.29, 1.82) is 0 Å². The summed E-state index contributed by atoms with van der Waals surface area (Å²) in [6.07, 6.45) is 3.61. The van der Waals surface area contributed by atoms with Crippen molar-refractivity contribution in [3.8, 4) is 22.6 Å². The fraction of sp³-hybridized carbons (Fsp3) is 0.185. The summed E-state index contributed by atoms with van der Waals surface area (Å²) >= 11 is 18.1. The molecular weight excluding hydrogens is 560 g/mol. The van der Waals surface area contributed by atoms with Crippen molar-refractivity contribution < 1.29 is 22.7 Å². The van der Waals surface area contributed by atoms with E-state index in [1.165, 1.54) is 23.6 Å². The SMILES string of the molecule is COc1ccc(-c2ccc(Cl)cc2)cc1CN(CC1=CCC(F)C=C1)S(=O)(=O)c1cc(Cl)cc(Cl)c1O. The predicted octanol–water partition coefficient (Wildman–Crippen LogP) is 7.44. The van der Waals surface area contributed by atoms with Gasteiger partial charge in [0, 0.05) is 35.1 Å². The Morgan fingerprint density at radius 3 is 2.35 bits per heavy atom. The smallest absolute Gasteiger partial charge is 0.247 e. The van der Waals surface area contributed by atoms with Crippen LogP contribution in [0.1, 0.15) is 12.0 Å². The lowest BCUT2D eigenvalue weighted by Crippen LogP contribution is -2.33. The highest BCUT2D eigenvalue weighted by Gasteiger charge is 2.31. The minimum absolute atomic E-state index is 0.0562. The molecule has 0 amide bonds. The van der Waals surface area contributed by atoms with Gasteiger partial charge in [0.25, 0.3) is 0 Å². The molecule has 0 radical (unpaired) electrons. The van der Waals surface area contributed by atoms with Crippen LogP contribution in [-0.4, -0.2) is 37.7 Å². The van der Waals surface area contributed by atoms with E-state index >= 15 is 0 Å². The number of nitrogens with zero attached hydrogens (tertiary/aromatic N) is 1. The second-order valence-electron chi connectivity index (χ2n) is 8.43. The number of phenolic OH excluding ortho intramolecular Hbond substituents is 1. The fourth-order valence-electron chi connectivity index (χ4n) is 3.98. The molecule has 0 bridgehead atoms. The Morgan fingerprint density at radius 1 is 1.00 bits per heavy atom. The van der Waals surface area contributed by atoms with Crippen molar-refractivity contribution in [1.82, 2.24) is 4.31 Å². The van der Waals surface area contributed by atoms with Crippen LogP contribution >= 0.6 is 34.8 Å². The molecule has 1 N–H and O–H groups in total. The molecule has 10 heteroatoms. The van der Waals surface area contributed by atoms with Crippen molar-refractivity contribution in [2.75, 3.05) is 13.7 Å². The number of hydrogen-bond acceptors (Lipinski definition) is 4. The van der Waals surface area contributed by atoms with Gasteiger partial charge in [0.1, 0.15) is 16.8 Å². The second-order valence-corrected chi connectivity index (χ2v) is 11.6. The van der Waals surface area contributed by atoms with E-state index in [2.05, 4.69) is 0 Å². The zero-order valence-electron chi connectivity index (χ0n) is 19.7. The summed E-state index contributed by atoms with van der Waals surface area (Å²) in [4.78, 5) is -0.429. The molecule has 0 aromatic heterocycles. The lowest BCUT2D eigenvalue weighted by molar-refractivity contribution is 0.384. The van der Waals surface area contributed by atoms with Gasteiger partial charge >= 0.3 is 0 Å². The zero-order valence-corrected chi connectivity index (χ0v) is 22.8. The van der Waals surface area contributed by atoms with Gasteiger partial charge in [0.05, 0.1) is 12.1 Å². The van der Waals surface area contributed by atoms with Crippen molar-refractivity contribution in [3.63, 3.8) is 0 Å². The lowest BCUT2D eigenvalue weighted by Gasteiger charge is -2.25. The normalized spacial score (nSPS) is 15.6. The number of halogens is 4. The van der Waals surface area contributed by atoms with Crippen LogP contribution in [-0.2, 0) is 16.6 Å². The molecule has 0 fully saturated rings. The quantitative estimate of drug-likeness (QED) is 0.300. The summed E-state index contributed by atoms with van der Waals surface area (Å²) in [5.74, 6) is -0.127. The number of aromatic hydroxyl groups is 1. The van der Waals surface area contributed by atoms with Gasteiger partial charge in [-0.25, -0.2) is 12.8 Å². The Labute approximate surface area is 230 Å². The Hall–Kier alpha value is -2.55. The number of rotatable bonds is 8. The lowest BCUT2D eigenvalue weighted by atomic mass is 10.0. The van der Waals surface area contributed by atoms with Crippen LogP contribution in [0.5, 0.6) is 11.5 Å². The van der Waals surface area contributed by atoms with Gasteiger partial charge in [-0.1, -0.05) is 71.2 Å². The average molecular weight is 583 g/mol. The average Bonchev–Trinajstić information content (AvgIpc) is 2.87. The van der Waals surface area contributed by atoms with E-state index in [-0.39, 0.29) is 29.6 Å². The van der Waals surface area contributed by atoms with E-state index in [0.717, 1.165) is 17.2 Å². The molecule has 1 aliphatic rings. The standard InChI is InChI=1S/C27H23Cl3FNO4S/c1-36-25-11-6-19(18-4-7-21(28)8-5-18)12-20(25)16-32(15-17-2-9-23(31)10-3-17)37(34,35)26-14-22(29)13-24(30)27(26)33/h2-9,11-14,23,33H,10,15-16H2,1H3. The van der Waals surface area contributed by atoms with Gasteiger partial charge in [0.15, 0.2) is 5.75 Å². The number of phenols is 1. The first kappa shape index (κ1) is 27.5. The molecule has 0 saturated heterocycles. The second kappa shape index (κ2) is 11.5. The summed E-state index contributed by atoms with van der Waals surface area (Å²) in [7, 11) is -2.83. The van der Waals surface area contributed by atoms with Crippen LogP contribution < -0.4 is 4.74 Å². The Bertz CT molecular complexity index is 1470. The molecule has 0 aliphatic heterocycles. The van der Waals surface area contributed by atoms with Gasteiger partial charge in [-0.3, -0.25) is 0 Å². The van der Waals surface area contributed by atoms with Crippen molar-refractivity contribution >= 4 is 44.8 Å². The Morgan fingerprint density at radius 2 is 1.70 bits per heavy atom. The van der Waals surface area contributed by atoms with Crippen LogP contribution in [0.2, 0.25) is 15.1 Å². The number of allylic oxidation sites excluding steroid dienone is 2. The van der Waals surface area contributed by atoms with Crippen molar-refractivity contribution in [2.24, 2.45) is 0 Å². The fourth-order valence-corrected chi connectivity index (χ4v) is 6.25. The molecule has 3 aromatic rings. The van der Waals surface area contributed by atoms with Crippen LogP contribution in [0.15, 0.2) is 83.3 Å². The van der Waals surface area contributed by atoms with E-state index in [1.54, 1.807) is 30.4 Å². The molecule has 194 valence electrons. The van der Waals surface area contributed by atoms with E-state index < -0.39 is 26.8 Å². The topological polar surface area (TPSA) is 66.8 Å². The van der Waals surface area contributed by atoms with Crippen molar-refractivity contribution in [3.05, 3.63) is 99.0 Å². The van der Waals surface area contributed by atoms with E-state index in [1.807, 2.05) is 24.3 Å². The summed E-state index contributed by atoms with van der Waals surface area (Å²) in [6.45, 7) is -0.190. The van der Waals surface area contributed by atoms with E-state index in [0.29, 0.717) is 21.9 Å². The molecule has 0 spiro atoms. The van der Waals surface area contributed by atoms with Gasteiger partial charge in [-0.2, -0.15) is 4.31 Å². The number of hydrogen-bond donors (Lipinski definition) is 1. The first-order valence-corrected chi connectivity index (χ1v) is 13.8. The highest BCUT2D eigenvalue weighted by molar-refractivity contribution is 7.89. The number of ether oxygens (including phenoxy) is 1. The number of benzene rings is 3. The summed E-state index contributed by atoms with van der Waals surface area (Å²) in [5, 5.41) is 11.0. The van der Waals surface area contributed by atoms with Gasteiger partial charge in [-0.15, -0.1) is 0 Å². The number of sulfonamides is 1. The van der Waals surface area contributed by atoms with Crippen LogP contribution in [0.3, 0.4) is 0 Å². The van der Waals surface area contributed by atoms with Crippen LogP contribution in [0, 0.1) is 0 Å². The molecule has 1 unspecified atom stereocenters. The molecule has 37 heavy (non-hydrogen) atoms. The zero-order chi connectivity index (χ0) is 26.7. The third-order valence-corrected chi connectivity index (χ3v) is 8.46. The first-order chi connectivity index (χ1) is 17.6. The van der Waals surface area contributed by atoms with Gasteiger partial charge in [0.2, 0.25) is 10.0 Å². The van der Waals surface area contributed by atoms with Gasteiger partial charge in [-0.05, 0) is 53.1 Å². The summed E-state index contributed by atoms with van der Waals surface area (Å²) in [5.41, 5.74) is 2.90. The highest BCUT2D eigenvalue weighted by Crippen LogP contribution is 2.37. The third-order valence-electron chi connectivity index (χ3n) is 5.90. The maximum absolute atomic E-state index is 13.9. The monoisotopic (exact) mass is 581 g/mol. The first-order valence-electron chi connectivity index (χ1n) is 11.2. The molecule has 0 saturated carbocycles. The number of alkyl halides is 1. The largest absolute Gasteiger partial charge is 0.505 e. The van der Waals surface area contributed by atoms with Crippen LogP contribution in [0.4, 0.5) is 4.39 Å².